The molecule has 2 atom stereocenters. The maximum atomic E-state index is 6.14. The van der Waals surface area contributed by atoms with Crippen molar-refractivity contribution in [3.05, 3.63) is 117 Å². The standard InChI is InChI=1S/C29H28ClNS/c1-22(31-18-5-7-24-17-19-32-21-24)29(26-13-15-28(30)16-14-26)10-4-6-23-11-12-25-8-2-3-9-27(25)20-23/h2-9,11-17,19-22,29,31H,10,18H2,1H3/b6-4+,7-5+. The summed E-state index contributed by atoms with van der Waals surface area (Å²) in [5.74, 6) is 0.360. The van der Waals surface area contributed by atoms with Crippen LogP contribution in [0.3, 0.4) is 0 Å². The molecule has 1 heterocycles. The van der Waals surface area contributed by atoms with Gasteiger partial charge in [0.2, 0.25) is 0 Å². The molecule has 2 unspecified atom stereocenters. The summed E-state index contributed by atoms with van der Waals surface area (Å²) in [6, 6.07) is 25.8. The van der Waals surface area contributed by atoms with Crippen LogP contribution in [-0.2, 0) is 0 Å². The summed E-state index contributed by atoms with van der Waals surface area (Å²) < 4.78 is 0. The van der Waals surface area contributed by atoms with E-state index in [0.29, 0.717) is 12.0 Å². The lowest BCUT2D eigenvalue weighted by Gasteiger charge is -2.24. The Bertz CT molecular complexity index is 1180. The van der Waals surface area contributed by atoms with E-state index in [0.717, 1.165) is 18.0 Å². The SMILES string of the molecule is CC(NC/C=C/c1ccsc1)C(C/C=C/c1ccc2ccccc2c1)c1ccc(Cl)cc1. The Hall–Kier alpha value is -2.65. The van der Waals surface area contributed by atoms with E-state index < -0.39 is 0 Å². The van der Waals surface area contributed by atoms with E-state index in [1.165, 1.54) is 27.5 Å². The molecule has 0 fully saturated rings. The summed E-state index contributed by atoms with van der Waals surface area (Å²) in [4.78, 5) is 0. The van der Waals surface area contributed by atoms with Crippen LogP contribution in [0.15, 0.2) is 95.7 Å². The molecular formula is C29H28ClNS. The van der Waals surface area contributed by atoms with Crippen LogP contribution in [0.4, 0.5) is 0 Å². The van der Waals surface area contributed by atoms with Crippen LogP contribution >= 0.6 is 22.9 Å². The lowest BCUT2D eigenvalue weighted by Crippen LogP contribution is -2.32. The van der Waals surface area contributed by atoms with E-state index >= 15 is 0 Å². The monoisotopic (exact) mass is 457 g/mol. The Kier molecular flexibility index (Phi) is 7.95. The fourth-order valence-electron chi connectivity index (χ4n) is 3.96. The van der Waals surface area contributed by atoms with Crippen LogP contribution in [0.2, 0.25) is 5.02 Å². The average Bonchev–Trinajstić information content (AvgIpc) is 3.34. The van der Waals surface area contributed by atoms with Gasteiger partial charge >= 0.3 is 0 Å². The van der Waals surface area contributed by atoms with E-state index in [1.807, 2.05) is 12.1 Å². The number of thiophene rings is 1. The van der Waals surface area contributed by atoms with Crippen LogP contribution in [0.1, 0.15) is 36.0 Å². The van der Waals surface area contributed by atoms with Crippen LogP contribution in [0, 0.1) is 0 Å². The maximum Gasteiger partial charge on any atom is 0.0406 e. The molecule has 3 aromatic carbocycles. The van der Waals surface area contributed by atoms with Crippen molar-refractivity contribution >= 4 is 45.9 Å². The molecule has 0 aliphatic rings. The number of fused-ring (bicyclic) bond motifs is 1. The topological polar surface area (TPSA) is 12.0 Å². The molecule has 1 aromatic heterocycles. The smallest absolute Gasteiger partial charge is 0.0406 e. The second kappa shape index (κ2) is 11.3. The van der Waals surface area contributed by atoms with Crippen molar-refractivity contribution in [2.24, 2.45) is 0 Å². The van der Waals surface area contributed by atoms with E-state index in [2.05, 4.69) is 108 Å². The number of halogens is 1. The van der Waals surface area contributed by atoms with E-state index in [-0.39, 0.29) is 0 Å². The quantitative estimate of drug-likeness (QED) is 0.266. The third-order valence-electron chi connectivity index (χ3n) is 5.79. The van der Waals surface area contributed by atoms with Gasteiger partial charge in [-0.2, -0.15) is 11.3 Å². The van der Waals surface area contributed by atoms with Crippen LogP contribution in [0.5, 0.6) is 0 Å². The average molecular weight is 458 g/mol. The van der Waals surface area contributed by atoms with Gasteiger partial charge in [-0.15, -0.1) is 0 Å². The second-order valence-electron chi connectivity index (χ2n) is 8.06. The maximum absolute atomic E-state index is 6.14. The Morgan fingerprint density at radius 2 is 1.66 bits per heavy atom. The summed E-state index contributed by atoms with van der Waals surface area (Å²) in [5, 5.41) is 11.3. The van der Waals surface area contributed by atoms with Crippen LogP contribution in [0.25, 0.3) is 22.9 Å². The number of hydrogen-bond acceptors (Lipinski definition) is 2. The van der Waals surface area contributed by atoms with Crippen LogP contribution < -0.4 is 5.32 Å². The molecule has 162 valence electrons. The minimum atomic E-state index is 0.324. The van der Waals surface area contributed by atoms with Crippen molar-refractivity contribution in [3.63, 3.8) is 0 Å². The first-order valence-electron chi connectivity index (χ1n) is 11.0. The third kappa shape index (κ3) is 6.20. The zero-order valence-corrected chi connectivity index (χ0v) is 19.8. The zero-order valence-electron chi connectivity index (χ0n) is 18.2. The summed E-state index contributed by atoms with van der Waals surface area (Å²) in [7, 11) is 0. The molecule has 32 heavy (non-hydrogen) atoms. The molecule has 0 saturated carbocycles. The number of benzene rings is 3. The minimum absolute atomic E-state index is 0.324. The molecule has 1 nitrogen and oxygen atoms in total. The highest BCUT2D eigenvalue weighted by atomic mass is 35.5. The Morgan fingerprint density at radius 3 is 2.44 bits per heavy atom. The van der Waals surface area contributed by atoms with Gasteiger partial charge in [-0.3, -0.25) is 0 Å². The van der Waals surface area contributed by atoms with Gasteiger partial charge in [-0.1, -0.05) is 84.4 Å². The van der Waals surface area contributed by atoms with E-state index in [1.54, 1.807) is 11.3 Å². The highest BCUT2D eigenvalue weighted by Crippen LogP contribution is 2.26. The number of hydrogen-bond donors (Lipinski definition) is 1. The van der Waals surface area contributed by atoms with Gasteiger partial charge < -0.3 is 5.32 Å². The summed E-state index contributed by atoms with van der Waals surface area (Å²) in [6.45, 7) is 3.11. The number of allylic oxidation sites excluding steroid dienone is 1. The number of rotatable bonds is 9. The fraction of sp³-hybridized carbons (Fsp3) is 0.172. The molecular weight excluding hydrogens is 430 g/mol. The number of nitrogens with one attached hydrogen (secondary N) is 1. The first-order chi connectivity index (χ1) is 15.7. The second-order valence-corrected chi connectivity index (χ2v) is 9.28. The van der Waals surface area contributed by atoms with Crippen molar-refractivity contribution in [2.75, 3.05) is 6.54 Å². The first-order valence-corrected chi connectivity index (χ1v) is 12.3. The molecule has 0 spiro atoms. The van der Waals surface area contributed by atoms with E-state index in [9.17, 15) is 0 Å². The van der Waals surface area contributed by atoms with Crippen molar-refractivity contribution in [1.82, 2.24) is 5.32 Å². The van der Waals surface area contributed by atoms with Gasteiger partial charge in [0.25, 0.3) is 0 Å². The molecule has 1 N–H and O–H groups in total. The molecule has 0 saturated heterocycles. The lowest BCUT2D eigenvalue weighted by molar-refractivity contribution is 0.482. The molecule has 0 radical (unpaired) electrons. The summed E-state index contributed by atoms with van der Waals surface area (Å²) in [5.41, 5.74) is 3.80. The van der Waals surface area contributed by atoms with Crippen LogP contribution in [-0.4, -0.2) is 12.6 Å². The summed E-state index contributed by atoms with van der Waals surface area (Å²) >= 11 is 7.87. The van der Waals surface area contributed by atoms with Crippen molar-refractivity contribution in [3.8, 4) is 0 Å². The Labute approximate surface area is 200 Å². The molecule has 0 bridgehead atoms. The predicted octanol–water partition coefficient (Wildman–Crippen LogP) is 8.43. The van der Waals surface area contributed by atoms with Gasteiger partial charge in [0.15, 0.2) is 0 Å². The van der Waals surface area contributed by atoms with Crippen molar-refractivity contribution < 1.29 is 0 Å². The zero-order chi connectivity index (χ0) is 22.2. The third-order valence-corrected chi connectivity index (χ3v) is 6.74. The van der Waals surface area contributed by atoms with Crippen molar-refractivity contribution in [2.45, 2.75) is 25.3 Å². The van der Waals surface area contributed by atoms with Gasteiger partial charge in [0.1, 0.15) is 0 Å². The first kappa shape index (κ1) is 22.5. The lowest BCUT2D eigenvalue weighted by atomic mass is 9.89. The molecule has 0 aliphatic heterocycles. The van der Waals surface area contributed by atoms with E-state index in [4.69, 9.17) is 11.6 Å². The predicted molar refractivity (Wildman–Crippen MR) is 143 cm³/mol. The molecule has 3 heteroatoms. The fourth-order valence-corrected chi connectivity index (χ4v) is 4.72. The normalized spacial score (nSPS) is 13.8. The summed E-state index contributed by atoms with van der Waals surface area (Å²) in [6.07, 6.45) is 9.85. The molecule has 0 aliphatic carbocycles. The van der Waals surface area contributed by atoms with Gasteiger partial charge in [-0.25, -0.2) is 0 Å². The molecule has 4 rings (SSSR count). The molecule has 0 amide bonds. The molecule has 4 aromatic rings. The van der Waals surface area contributed by atoms with Gasteiger partial charge in [0, 0.05) is 23.5 Å². The Morgan fingerprint density at radius 1 is 0.875 bits per heavy atom. The highest BCUT2D eigenvalue weighted by molar-refractivity contribution is 7.08. The Balaban J connectivity index is 1.44. The van der Waals surface area contributed by atoms with Gasteiger partial charge in [0.05, 0.1) is 0 Å². The van der Waals surface area contributed by atoms with Crippen molar-refractivity contribution in [1.29, 1.82) is 0 Å². The minimum Gasteiger partial charge on any atom is -0.310 e. The van der Waals surface area contributed by atoms with Gasteiger partial charge in [-0.05, 0) is 75.8 Å². The highest BCUT2D eigenvalue weighted by Gasteiger charge is 2.17. The largest absolute Gasteiger partial charge is 0.310 e.